The van der Waals surface area contributed by atoms with Crippen LogP contribution >= 0.6 is 46.0 Å². The van der Waals surface area contributed by atoms with Crippen LogP contribution in [0.2, 0.25) is 5.02 Å². The van der Waals surface area contributed by atoms with Crippen molar-refractivity contribution in [1.29, 1.82) is 0 Å². The molecular weight excluding hydrogens is 428 g/mol. The van der Waals surface area contributed by atoms with Crippen molar-refractivity contribution in [1.82, 2.24) is 19.7 Å². The molecule has 0 saturated heterocycles. The minimum atomic E-state index is 0.547. The molecule has 4 nitrogen and oxygen atoms in total. The lowest BCUT2D eigenvalue weighted by molar-refractivity contribution is 0.670. The standard InChI is InChI=1S/C20H17ClN4S3/c21-14-5-3-13(4-6-14)10-18-22-15(11-27-18)12-28-20-24-23-19(17-2-1-9-26-17)25(20)16-7-8-16/h1-6,9,11,16H,7-8,10,12H2. The van der Waals surface area contributed by atoms with Crippen LogP contribution in [0.3, 0.4) is 0 Å². The summed E-state index contributed by atoms with van der Waals surface area (Å²) < 4.78 is 2.32. The number of benzene rings is 1. The van der Waals surface area contributed by atoms with Gasteiger partial charge in [-0.05, 0) is 42.0 Å². The first-order valence-electron chi connectivity index (χ1n) is 9.05. The third kappa shape index (κ3) is 4.03. The highest BCUT2D eigenvalue weighted by molar-refractivity contribution is 7.98. The van der Waals surface area contributed by atoms with Gasteiger partial charge in [-0.15, -0.1) is 32.9 Å². The summed E-state index contributed by atoms with van der Waals surface area (Å²) in [6.45, 7) is 0. The number of halogens is 1. The number of hydrogen-bond donors (Lipinski definition) is 0. The molecule has 0 N–H and O–H groups in total. The second-order valence-corrected chi connectivity index (χ2v) is 9.98. The summed E-state index contributed by atoms with van der Waals surface area (Å²) in [6.07, 6.45) is 3.27. The van der Waals surface area contributed by atoms with Gasteiger partial charge in [0.1, 0.15) is 0 Å². The van der Waals surface area contributed by atoms with Crippen LogP contribution in [-0.2, 0) is 12.2 Å². The maximum Gasteiger partial charge on any atom is 0.192 e. The fourth-order valence-electron chi connectivity index (χ4n) is 3.02. The number of hydrogen-bond acceptors (Lipinski definition) is 6. The predicted octanol–water partition coefficient (Wildman–Crippen LogP) is 6.33. The van der Waals surface area contributed by atoms with Gasteiger partial charge in [0.15, 0.2) is 11.0 Å². The lowest BCUT2D eigenvalue weighted by atomic mass is 10.2. The second kappa shape index (κ2) is 7.99. The Labute approximate surface area is 180 Å². The van der Waals surface area contributed by atoms with Crippen molar-refractivity contribution >= 4 is 46.0 Å². The molecule has 0 atom stereocenters. The zero-order chi connectivity index (χ0) is 18.9. The van der Waals surface area contributed by atoms with Gasteiger partial charge >= 0.3 is 0 Å². The van der Waals surface area contributed by atoms with Crippen LogP contribution in [0.25, 0.3) is 10.7 Å². The van der Waals surface area contributed by atoms with Crippen molar-refractivity contribution in [3.05, 3.63) is 68.4 Å². The Morgan fingerprint density at radius 2 is 1.96 bits per heavy atom. The molecule has 1 aliphatic carbocycles. The summed E-state index contributed by atoms with van der Waals surface area (Å²) >= 11 is 11.1. The largest absolute Gasteiger partial charge is 0.298 e. The number of thiophene rings is 1. The monoisotopic (exact) mass is 444 g/mol. The molecule has 0 amide bonds. The minimum Gasteiger partial charge on any atom is -0.298 e. The van der Waals surface area contributed by atoms with E-state index < -0.39 is 0 Å². The van der Waals surface area contributed by atoms with Crippen molar-refractivity contribution in [2.75, 3.05) is 0 Å². The Balaban J connectivity index is 1.28. The third-order valence-corrected chi connectivity index (χ3v) is 7.53. The van der Waals surface area contributed by atoms with Crippen molar-refractivity contribution in [2.24, 2.45) is 0 Å². The van der Waals surface area contributed by atoms with Gasteiger partial charge in [-0.1, -0.05) is 41.6 Å². The Hall–Kier alpha value is -1.67. The highest BCUT2D eigenvalue weighted by Gasteiger charge is 2.30. The van der Waals surface area contributed by atoms with Gasteiger partial charge in [0.05, 0.1) is 15.6 Å². The molecule has 3 heterocycles. The van der Waals surface area contributed by atoms with E-state index in [1.165, 1.54) is 23.3 Å². The normalized spacial score (nSPS) is 13.9. The zero-order valence-corrected chi connectivity index (χ0v) is 18.1. The number of rotatable bonds is 7. The maximum absolute atomic E-state index is 5.96. The first-order valence-corrected chi connectivity index (χ1v) is 12.2. The molecule has 28 heavy (non-hydrogen) atoms. The van der Waals surface area contributed by atoms with Gasteiger partial charge in [0.2, 0.25) is 0 Å². The molecule has 0 bridgehead atoms. The lowest BCUT2D eigenvalue weighted by Gasteiger charge is -2.06. The lowest BCUT2D eigenvalue weighted by Crippen LogP contribution is -1.99. The molecule has 0 spiro atoms. The van der Waals surface area contributed by atoms with Crippen LogP contribution in [0, 0.1) is 0 Å². The third-order valence-electron chi connectivity index (χ3n) is 4.54. The van der Waals surface area contributed by atoms with Crippen LogP contribution in [0.5, 0.6) is 0 Å². The fourth-order valence-corrected chi connectivity index (χ4v) is 5.69. The van der Waals surface area contributed by atoms with Crippen LogP contribution < -0.4 is 0 Å². The maximum atomic E-state index is 5.96. The van der Waals surface area contributed by atoms with E-state index in [4.69, 9.17) is 16.6 Å². The molecule has 1 saturated carbocycles. The van der Waals surface area contributed by atoms with E-state index >= 15 is 0 Å². The molecule has 8 heteroatoms. The van der Waals surface area contributed by atoms with E-state index in [1.807, 2.05) is 12.1 Å². The molecule has 0 radical (unpaired) electrons. The SMILES string of the molecule is Clc1ccc(Cc2nc(CSc3nnc(-c4cccs4)n3C3CC3)cs2)cc1. The van der Waals surface area contributed by atoms with Crippen LogP contribution in [0.15, 0.2) is 52.3 Å². The van der Waals surface area contributed by atoms with E-state index in [-0.39, 0.29) is 0 Å². The summed E-state index contributed by atoms with van der Waals surface area (Å²) in [5.74, 6) is 1.81. The smallest absolute Gasteiger partial charge is 0.192 e. The minimum absolute atomic E-state index is 0.547. The number of thioether (sulfide) groups is 1. The van der Waals surface area contributed by atoms with Gasteiger partial charge < -0.3 is 0 Å². The summed E-state index contributed by atoms with van der Waals surface area (Å²) in [5.41, 5.74) is 2.33. The molecule has 142 valence electrons. The van der Waals surface area contributed by atoms with Crippen molar-refractivity contribution < 1.29 is 0 Å². The van der Waals surface area contributed by atoms with Crippen molar-refractivity contribution in [2.45, 2.75) is 36.2 Å². The summed E-state index contributed by atoms with van der Waals surface area (Å²) in [7, 11) is 0. The van der Waals surface area contributed by atoms with E-state index in [1.54, 1.807) is 34.4 Å². The quantitative estimate of drug-likeness (QED) is 0.312. The molecule has 5 rings (SSSR count). The molecule has 3 aromatic heterocycles. The molecule has 1 aliphatic rings. The van der Waals surface area contributed by atoms with Crippen LogP contribution in [0.1, 0.15) is 35.1 Å². The zero-order valence-electron chi connectivity index (χ0n) is 14.9. The van der Waals surface area contributed by atoms with Crippen molar-refractivity contribution in [3.63, 3.8) is 0 Å². The molecule has 4 aromatic rings. The first kappa shape index (κ1) is 18.4. The molecule has 0 aliphatic heterocycles. The van der Waals surface area contributed by atoms with E-state index in [2.05, 4.69) is 49.8 Å². The first-order chi connectivity index (χ1) is 13.8. The Bertz CT molecular complexity index is 1070. The van der Waals surface area contributed by atoms with Gasteiger partial charge in [-0.2, -0.15) is 0 Å². The highest BCUT2D eigenvalue weighted by atomic mass is 35.5. The Morgan fingerprint density at radius 3 is 2.71 bits per heavy atom. The fraction of sp³-hybridized carbons (Fsp3) is 0.250. The average molecular weight is 445 g/mol. The molecule has 0 unspecified atom stereocenters. The number of thiazole rings is 1. The van der Waals surface area contributed by atoms with E-state index in [0.29, 0.717) is 6.04 Å². The average Bonchev–Trinajstić information content (AvgIpc) is 3.12. The Morgan fingerprint density at radius 1 is 1.11 bits per heavy atom. The van der Waals surface area contributed by atoms with Gasteiger partial charge in [0.25, 0.3) is 0 Å². The van der Waals surface area contributed by atoms with Crippen molar-refractivity contribution in [3.8, 4) is 10.7 Å². The predicted molar refractivity (Wildman–Crippen MR) is 118 cm³/mol. The van der Waals surface area contributed by atoms with Crippen LogP contribution in [0.4, 0.5) is 0 Å². The second-order valence-electron chi connectivity index (χ2n) is 6.71. The Kier molecular flexibility index (Phi) is 5.24. The molecular formula is C20H17ClN4S3. The van der Waals surface area contributed by atoms with Gasteiger partial charge in [0, 0.05) is 28.6 Å². The highest BCUT2D eigenvalue weighted by Crippen LogP contribution is 2.42. The number of nitrogens with zero attached hydrogens (tertiary/aromatic N) is 4. The van der Waals surface area contributed by atoms with Gasteiger partial charge in [-0.25, -0.2) is 4.98 Å². The number of aromatic nitrogens is 4. The summed E-state index contributed by atoms with van der Waals surface area (Å²) in [4.78, 5) is 5.98. The molecule has 1 aromatic carbocycles. The van der Waals surface area contributed by atoms with Gasteiger partial charge in [-0.3, -0.25) is 4.57 Å². The topological polar surface area (TPSA) is 43.6 Å². The molecule has 1 fully saturated rings. The summed E-state index contributed by atoms with van der Waals surface area (Å²) in [6, 6.07) is 12.7. The van der Waals surface area contributed by atoms with Crippen LogP contribution in [-0.4, -0.2) is 19.7 Å². The summed E-state index contributed by atoms with van der Waals surface area (Å²) in [5, 5.41) is 16.1. The van der Waals surface area contributed by atoms with E-state index in [9.17, 15) is 0 Å². The van der Waals surface area contributed by atoms with E-state index in [0.717, 1.165) is 38.9 Å².